The molecule has 0 saturated carbocycles. The average Bonchev–Trinajstić information content (AvgIpc) is 2.18. The van der Waals surface area contributed by atoms with Gasteiger partial charge in [-0.3, -0.25) is 0 Å². The minimum atomic E-state index is -4.42. The highest BCUT2D eigenvalue weighted by atomic mass is 35.5. The second-order valence-electron chi connectivity index (χ2n) is 2.65. The highest BCUT2D eigenvalue weighted by Gasteiger charge is 2.32. The van der Waals surface area contributed by atoms with E-state index in [9.17, 15) is 13.2 Å². The predicted molar refractivity (Wildman–Crippen MR) is 53.1 cm³/mol. The molecule has 0 N–H and O–H groups in total. The number of hydrogen-bond donors (Lipinski definition) is 0. The summed E-state index contributed by atoms with van der Waals surface area (Å²) in [5.74, 6) is 1.25. The summed E-state index contributed by atoms with van der Waals surface area (Å²) < 4.78 is 36.3. The number of hydrogen-bond acceptors (Lipinski definition) is 3. The predicted octanol–water partition coefficient (Wildman–Crippen LogP) is 3.22. The summed E-state index contributed by atoms with van der Waals surface area (Å²) in [6.45, 7) is 0. The van der Waals surface area contributed by atoms with Crippen molar-refractivity contribution in [1.29, 1.82) is 0 Å². The van der Waals surface area contributed by atoms with E-state index in [-0.39, 0.29) is 0 Å². The standard InChI is InChI=1S/C8H8ClF3N2S/c9-4-1-5-15-7-3-2-6(13-14-7)8(10,11)12/h2-3H,1,4-5H2. The summed E-state index contributed by atoms with van der Waals surface area (Å²) in [5.41, 5.74) is -0.968. The molecule has 1 rings (SSSR count). The molecule has 84 valence electrons. The van der Waals surface area contributed by atoms with E-state index in [1.54, 1.807) is 0 Å². The smallest absolute Gasteiger partial charge is 0.164 e. The Hall–Kier alpha value is -0.490. The molecule has 0 aliphatic rings. The van der Waals surface area contributed by atoms with Crippen LogP contribution in [0.5, 0.6) is 0 Å². The lowest BCUT2D eigenvalue weighted by atomic mass is 10.4. The second kappa shape index (κ2) is 5.55. The molecular formula is C8H8ClF3N2S. The Morgan fingerprint density at radius 1 is 1.27 bits per heavy atom. The number of halogens is 4. The van der Waals surface area contributed by atoms with Crippen LogP contribution in [-0.2, 0) is 6.18 Å². The first-order valence-corrected chi connectivity index (χ1v) is 5.66. The van der Waals surface area contributed by atoms with Crippen LogP contribution >= 0.6 is 23.4 Å². The summed E-state index contributed by atoms with van der Waals surface area (Å²) >= 11 is 6.79. The van der Waals surface area contributed by atoms with Crippen molar-refractivity contribution in [3.8, 4) is 0 Å². The summed E-state index contributed by atoms with van der Waals surface area (Å²) in [4.78, 5) is 0. The van der Waals surface area contributed by atoms with Crippen molar-refractivity contribution in [2.24, 2.45) is 0 Å². The van der Waals surface area contributed by atoms with Crippen LogP contribution in [0.15, 0.2) is 17.2 Å². The molecule has 0 saturated heterocycles. The maximum Gasteiger partial charge on any atom is 0.435 e. The molecular weight excluding hydrogens is 249 g/mol. The Bertz CT molecular complexity index is 302. The van der Waals surface area contributed by atoms with Gasteiger partial charge in [-0.2, -0.15) is 13.2 Å². The van der Waals surface area contributed by atoms with Gasteiger partial charge in [-0.15, -0.1) is 33.6 Å². The highest BCUT2D eigenvalue weighted by Crippen LogP contribution is 2.27. The third kappa shape index (κ3) is 4.25. The summed E-state index contributed by atoms with van der Waals surface area (Å²) in [6.07, 6.45) is -3.64. The van der Waals surface area contributed by atoms with Gasteiger partial charge in [0.1, 0.15) is 5.03 Å². The molecule has 0 bridgehead atoms. The Labute approximate surface area is 94.2 Å². The molecule has 0 aromatic carbocycles. The number of thioether (sulfide) groups is 1. The van der Waals surface area contributed by atoms with Crippen molar-refractivity contribution in [3.63, 3.8) is 0 Å². The van der Waals surface area contributed by atoms with Gasteiger partial charge >= 0.3 is 6.18 Å². The van der Waals surface area contributed by atoms with E-state index in [0.29, 0.717) is 10.9 Å². The first-order valence-electron chi connectivity index (χ1n) is 4.13. The minimum Gasteiger partial charge on any atom is -0.164 e. The van der Waals surface area contributed by atoms with E-state index in [1.165, 1.54) is 17.8 Å². The molecule has 7 heteroatoms. The van der Waals surface area contributed by atoms with Gasteiger partial charge in [0.2, 0.25) is 0 Å². The van der Waals surface area contributed by atoms with Gasteiger partial charge in [0.15, 0.2) is 5.69 Å². The highest BCUT2D eigenvalue weighted by molar-refractivity contribution is 7.99. The lowest BCUT2D eigenvalue weighted by Crippen LogP contribution is -2.08. The Balaban J connectivity index is 2.57. The Kier molecular flexibility index (Phi) is 4.66. The molecule has 0 spiro atoms. The molecule has 0 aliphatic carbocycles. The van der Waals surface area contributed by atoms with Crippen LogP contribution in [-0.4, -0.2) is 21.8 Å². The molecule has 0 unspecified atom stereocenters. The van der Waals surface area contributed by atoms with Gasteiger partial charge in [-0.25, -0.2) is 0 Å². The fourth-order valence-corrected chi connectivity index (χ4v) is 1.83. The van der Waals surface area contributed by atoms with E-state index in [0.717, 1.165) is 18.2 Å². The van der Waals surface area contributed by atoms with Gasteiger partial charge < -0.3 is 0 Å². The van der Waals surface area contributed by atoms with Gasteiger partial charge in [-0.05, 0) is 18.6 Å². The van der Waals surface area contributed by atoms with E-state index in [2.05, 4.69) is 10.2 Å². The van der Waals surface area contributed by atoms with Crippen molar-refractivity contribution < 1.29 is 13.2 Å². The Morgan fingerprint density at radius 2 is 2.00 bits per heavy atom. The van der Waals surface area contributed by atoms with Crippen molar-refractivity contribution in [2.45, 2.75) is 17.6 Å². The number of aromatic nitrogens is 2. The monoisotopic (exact) mass is 256 g/mol. The second-order valence-corrected chi connectivity index (χ2v) is 4.14. The van der Waals surface area contributed by atoms with E-state index in [1.807, 2.05) is 0 Å². The maximum absolute atomic E-state index is 12.1. The SMILES string of the molecule is FC(F)(F)c1ccc(SCCCCl)nn1. The van der Waals surface area contributed by atoms with Gasteiger partial charge in [0.05, 0.1) is 0 Å². The zero-order valence-electron chi connectivity index (χ0n) is 7.59. The van der Waals surface area contributed by atoms with Crippen LogP contribution in [0.25, 0.3) is 0 Å². The molecule has 2 nitrogen and oxygen atoms in total. The van der Waals surface area contributed by atoms with Crippen molar-refractivity contribution in [2.75, 3.05) is 11.6 Å². The third-order valence-electron chi connectivity index (χ3n) is 1.46. The molecule has 1 aromatic rings. The maximum atomic E-state index is 12.1. The molecule has 0 fully saturated rings. The summed E-state index contributed by atoms with van der Waals surface area (Å²) in [7, 11) is 0. The summed E-state index contributed by atoms with van der Waals surface area (Å²) in [6, 6.07) is 2.24. The zero-order chi connectivity index (χ0) is 11.3. The average molecular weight is 257 g/mol. The number of alkyl halides is 4. The minimum absolute atomic E-state index is 0.480. The van der Waals surface area contributed by atoms with Crippen LogP contribution in [0.2, 0.25) is 0 Å². The topological polar surface area (TPSA) is 25.8 Å². The first kappa shape index (κ1) is 12.6. The van der Waals surface area contributed by atoms with Gasteiger partial charge in [-0.1, -0.05) is 0 Å². The molecule has 0 atom stereocenters. The molecule has 15 heavy (non-hydrogen) atoms. The lowest BCUT2D eigenvalue weighted by Gasteiger charge is -2.04. The van der Waals surface area contributed by atoms with Crippen LogP contribution in [0, 0.1) is 0 Å². The lowest BCUT2D eigenvalue weighted by molar-refractivity contribution is -0.141. The van der Waals surface area contributed by atoms with Crippen molar-refractivity contribution in [3.05, 3.63) is 17.8 Å². The quantitative estimate of drug-likeness (QED) is 0.470. The van der Waals surface area contributed by atoms with Crippen LogP contribution < -0.4 is 0 Å². The van der Waals surface area contributed by atoms with Crippen LogP contribution in [0.1, 0.15) is 12.1 Å². The normalized spacial score (nSPS) is 11.7. The zero-order valence-corrected chi connectivity index (χ0v) is 9.16. The van der Waals surface area contributed by atoms with Crippen molar-refractivity contribution in [1.82, 2.24) is 10.2 Å². The number of nitrogens with zero attached hydrogens (tertiary/aromatic N) is 2. The molecule has 0 aliphatic heterocycles. The van der Waals surface area contributed by atoms with Crippen LogP contribution in [0.3, 0.4) is 0 Å². The molecule has 1 aromatic heterocycles. The third-order valence-corrected chi connectivity index (χ3v) is 2.73. The van der Waals surface area contributed by atoms with E-state index >= 15 is 0 Å². The fourth-order valence-electron chi connectivity index (χ4n) is 0.779. The van der Waals surface area contributed by atoms with Gasteiger partial charge in [0.25, 0.3) is 0 Å². The summed E-state index contributed by atoms with van der Waals surface area (Å²) in [5, 5.41) is 7.05. The molecule has 0 radical (unpaired) electrons. The van der Waals surface area contributed by atoms with Crippen molar-refractivity contribution >= 4 is 23.4 Å². The van der Waals surface area contributed by atoms with Crippen LogP contribution in [0.4, 0.5) is 13.2 Å². The fraction of sp³-hybridized carbons (Fsp3) is 0.500. The molecule has 0 amide bonds. The first-order chi connectivity index (χ1) is 7.04. The van der Waals surface area contributed by atoms with E-state index in [4.69, 9.17) is 11.6 Å². The number of rotatable bonds is 4. The Morgan fingerprint density at radius 3 is 2.47 bits per heavy atom. The van der Waals surface area contributed by atoms with Gasteiger partial charge in [0, 0.05) is 11.6 Å². The van der Waals surface area contributed by atoms with E-state index < -0.39 is 11.9 Å². The largest absolute Gasteiger partial charge is 0.435 e. The molecule has 1 heterocycles.